The van der Waals surface area contributed by atoms with Crippen molar-refractivity contribution >= 4 is 5.78 Å². The van der Waals surface area contributed by atoms with Gasteiger partial charge in [0.15, 0.2) is 17.3 Å². The Hall–Kier alpha value is -1.59. The number of rotatable bonds is 8. The fourth-order valence-electron chi connectivity index (χ4n) is 2.81. The van der Waals surface area contributed by atoms with Crippen LogP contribution in [-0.2, 0) is 0 Å². The van der Waals surface area contributed by atoms with E-state index in [-0.39, 0.29) is 5.78 Å². The smallest absolute Gasteiger partial charge is 0.161 e. The van der Waals surface area contributed by atoms with E-state index in [4.69, 9.17) is 9.47 Å². The molecule has 128 valence electrons. The van der Waals surface area contributed by atoms with E-state index in [1.54, 1.807) is 26.2 Å². The summed E-state index contributed by atoms with van der Waals surface area (Å²) < 4.78 is 11.1. The minimum atomic E-state index is 0.0288. The van der Waals surface area contributed by atoms with Crippen LogP contribution in [0.4, 0.5) is 0 Å². The van der Waals surface area contributed by atoms with E-state index in [1.807, 2.05) is 6.07 Å². The van der Waals surface area contributed by atoms with E-state index < -0.39 is 0 Å². The standard InChI is InChI=1S/C18H28N2O3/c1-4-19-9-11-20(12-10-19)8-5-13-23-17-7-6-16(15(2)21)14-18(17)22-3/h6-7,14H,4-5,8-13H2,1-3H3. The van der Waals surface area contributed by atoms with Gasteiger partial charge in [0.25, 0.3) is 0 Å². The third-order valence-electron chi connectivity index (χ3n) is 4.36. The second-order valence-electron chi connectivity index (χ2n) is 5.90. The number of carbonyl (C=O) groups excluding carboxylic acids is 1. The molecule has 1 saturated heterocycles. The summed E-state index contributed by atoms with van der Waals surface area (Å²) in [6.07, 6.45) is 0.990. The Morgan fingerprint density at radius 2 is 1.83 bits per heavy atom. The molecule has 5 heteroatoms. The lowest BCUT2D eigenvalue weighted by molar-refractivity contribution is 0.101. The van der Waals surface area contributed by atoms with Crippen LogP contribution >= 0.6 is 0 Å². The Balaban J connectivity index is 1.75. The predicted octanol–water partition coefficient (Wildman–Crippen LogP) is 2.30. The lowest BCUT2D eigenvalue weighted by Gasteiger charge is -2.33. The van der Waals surface area contributed by atoms with Crippen LogP contribution in [0.1, 0.15) is 30.6 Å². The average Bonchev–Trinajstić information content (AvgIpc) is 2.59. The third kappa shape index (κ3) is 5.22. The maximum absolute atomic E-state index is 11.4. The summed E-state index contributed by atoms with van der Waals surface area (Å²) in [4.78, 5) is 16.4. The maximum Gasteiger partial charge on any atom is 0.161 e. The van der Waals surface area contributed by atoms with Crippen molar-refractivity contribution in [3.63, 3.8) is 0 Å². The van der Waals surface area contributed by atoms with Gasteiger partial charge in [0.1, 0.15) is 0 Å². The Bertz CT molecular complexity index is 511. The number of Topliss-reactive ketones (excluding diaryl/α,β-unsaturated/α-hetero) is 1. The fourth-order valence-corrected chi connectivity index (χ4v) is 2.81. The third-order valence-corrected chi connectivity index (χ3v) is 4.36. The number of piperazine rings is 1. The summed E-state index contributed by atoms with van der Waals surface area (Å²) >= 11 is 0. The van der Waals surface area contributed by atoms with Gasteiger partial charge in [0, 0.05) is 38.3 Å². The molecular formula is C18H28N2O3. The molecule has 1 heterocycles. The van der Waals surface area contributed by atoms with E-state index in [9.17, 15) is 4.79 Å². The molecule has 0 aliphatic carbocycles. The molecule has 0 unspecified atom stereocenters. The van der Waals surface area contributed by atoms with E-state index >= 15 is 0 Å². The van der Waals surface area contributed by atoms with Crippen molar-refractivity contribution in [3.05, 3.63) is 23.8 Å². The van der Waals surface area contributed by atoms with Gasteiger partial charge in [-0.05, 0) is 38.1 Å². The number of ketones is 1. The van der Waals surface area contributed by atoms with Gasteiger partial charge in [-0.2, -0.15) is 0 Å². The Morgan fingerprint density at radius 3 is 2.43 bits per heavy atom. The normalized spacial score (nSPS) is 16.3. The zero-order valence-electron chi connectivity index (χ0n) is 14.5. The minimum Gasteiger partial charge on any atom is -0.493 e. The highest BCUT2D eigenvalue weighted by molar-refractivity contribution is 5.94. The zero-order chi connectivity index (χ0) is 16.7. The zero-order valence-corrected chi connectivity index (χ0v) is 14.5. The first-order valence-corrected chi connectivity index (χ1v) is 8.40. The van der Waals surface area contributed by atoms with Crippen molar-refractivity contribution in [3.8, 4) is 11.5 Å². The van der Waals surface area contributed by atoms with Gasteiger partial charge in [-0.1, -0.05) is 6.92 Å². The van der Waals surface area contributed by atoms with Crippen LogP contribution in [0, 0.1) is 0 Å². The van der Waals surface area contributed by atoms with Crippen LogP contribution < -0.4 is 9.47 Å². The number of ether oxygens (including phenoxy) is 2. The summed E-state index contributed by atoms with van der Waals surface area (Å²) in [5, 5.41) is 0. The Kier molecular flexibility index (Phi) is 6.86. The van der Waals surface area contributed by atoms with Crippen molar-refractivity contribution < 1.29 is 14.3 Å². The molecule has 0 amide bonds. The number of hydrogen-bond donors (Lipinski definition) is 0. The van der Waals surface area contributed by atoms with Crippen LogP contribution in [0.15, 0.2) is 18.2 Å². The predicted molar refractivity (Wildman–Crippen MR) is 91.7 cm³/mol. The molecule has 2 rings (SSSR count). The van der Waals surface area contributed by atoms with Crippen molar-refractivity contribution in [2.45, 2.75) is 20.3 Å². The Labute approximate surface area is 139 Å². The van der Waals surface area contributed by atoms with Crippen molar-refractivity contribution in [1.82, 2.24) is 9.80 Å². The van der Waals surface area contributed by atoms with Gasteiger partial charge in [-0.3, -0.25) is 4.79 Å². The molecule has 1 aliphatic rings. The van der Waals surface area contributed by atoms with Crippen molar-refractivity contribution in [1.29, 1.82) is 0 Å². The second kappa shape index (κ2) is 8.89. The quantitative estimate of drug-likeness (QED) is 0.543. The van der Waals surface area contributed by atoms with Gasteiger partial charge in [-0.25, -0.2) is 0 Å². The van der Waals surface area contributed by atoms with Crippen molar-refractivity contribution in [2.75, 3.05) is 53.0 Å². The molecule has 0 atom stereocenters. The minimum absolute atomic E-state index is 0.0288. The van der Waals surface area contributed by atoms with Crippen LogP contribution in [0.3, 0.4) is 0 Å². The fraction of sp³-hybridized carbons (Fsp3) is 0.611. The lowest BCUT2D eigenvalue weighted by atomic mass is 10.1. The monoisotopic (exact) mass is 320 g/mol. The number of methoxy groups -OCH3 is 1. The lowest BCUT2D eigenvalue weighted by Crippen LogP contribution is -2.46. The van der Waals surface area contributed by atoms with E-state index in [1.165, 1.54) is 0 Å². The maximum atomic E-state index is 11.4. The van der Waals surface area contributed by atoms with E-state index in [0.29, 0.717) is 23.7 Å². The summed E-state index contributed by atoms with van der Waals surface area (Å²) in [7, 11) is 1.60. The highest BCUT2D eigenvalue weighted by Crippen LogP contribution is 2.28. The first-order valence-electron chi connectivity index (χ1n) is 8.40. The van der Waals surface area contributed by atoms with Crippen molar-refractivity contribution in [2.24, 2.45) is 0 Å². The largest absolute Gasteiger partial charge is 0.493 e. The second-order valence-corrected chi connectivity index (χ2v) is 5.90. The molecule has 23 heavy (non-hydrogen) atoms. The van der Waals surface area contributed by atoms with Gasteiger partial charge in [0.05, 0.1) is 13.7 Å². The van der Waals surface area contributed by atoms with E-state index in [2.05, 4.69) is 16.7 Å². The first kappa shape index (κ1) is 17.8. The highest BCUT2D eigenvalue weighted by atomic mass is 16.5. The van der Waals surface area contributed by atoms with E-state index in [0.717, 1.165) is 45.7 Å². The van der Waals surface area contributed by atoms with Crippen LogP contribution in [0.25, 0.3) is 0 Å². The summed E-state index contributed by atoms with van der Waals surface area (Å²) in [5.41, 5.74) is 0.642. The molecule has 0 bridgehead atoms. The molecule has 1 aliphatic heterocycles. The summed E-state index contributed by atoms with van der Waals surface area (Å²) in [6, 6.07) is 5.33. The molecule has 1 aromatic rings. The molecule has 0 saturated carbocycles. The molecule has 1 fully saturated rings. The molecule has 0 spiro atoms. The number of likely N-dealkylation sites (N-methyl/N-ethyl adjacent to an activating group) is 1. The summed E-state index contributed by atoms with van der Waals surface area (Å²) in [5.74, 6) is 1.35. The number of hydrogen-bond acceptors (Lipinski definition) is 5. The molecule has 0 aromatic heterocycles. The molecule has 0 N–H and O–H groups in total. The highest BCUT2D eigenvalue weighted by Gasteiger charge is 2.15. The molecular weight excluding hydrogens is 292 g/mol. The molecule has 5 nitrogen and oxygen atoms in total. The van der Waals surface area contributed by atoms with Crippen LogP contribution in [0.5, 0.6) is 11.5 Å². The first-order chi connectivity index (χ1) is 11.1. The average molecular weight is 320 g/mol. The molecule has 1 aromatic carbocycles. The summed E-state index contributed by atoms with van der Waals surface area (Å²) in [6.45, 7) is 11.2. The van der Waals surface area contributed by atoms with Gasteiger partial charge < -0.3 is 19.3 Å². The number of benzene rings is 1. The number of nitrogens with zero attached hydrogens (tertiary/aromatic N) is 2. The van der Waals surface area contributed by atoms with Gasteiger partial charge >= 0.3 is 0 Å². The SMILES string of the molecule is CCN1CCN(CCCOc2ccc(C(C)=O)cc2OC)CC1. The van der Waals surface area contributed by atoms with Crippen LogP contribution in [0.2, 0.25) is 0 Å². The van der Waals surface area contributed by atoms with Crippen LogP contribution in [-0.4, -0.2) is 68.6 Å². The molecule has 0 radical (unpaired) electrons. The van der Waals surface area contributed by atoms with Gasteiger partial charge in [0.2, 0.25) is 0 Å². The Morgan fingerprint density at radius 1 is 1.13 bits per heavy atom. The number of carbonyl (C=O) groups is 1. The topological polar surface area (TPSA) is 42.0 Å². The van der Waals surface area contributed by atoms with Gasteiger partial charge in [-0.15, -0.1) is 0 Å².